The lowest BCUT2D eigenvalue weighted by atomic mass is 9.90. The van der Waals surface area contributed by atoms with Gasteiger partial charge in [-0.3, -0.25) is 9.59 Å². The summed E-state index contributed by atoms with van der Waals surface area (Å²) in [6, 6.07) is 16.0. The summed E-state index contributed by atoms with van der Waals surface area (Å²) in [5.41, 5.74) is 7.03. The van der Waals surface area contributed by atoms with E-state index in [1.54, 1.807) is 48.5 Å². The molecule has 1 heterocycles. The molecule has 1 saturated heterocycles. The third kappa shape index (κ3) is 4.23. The van der Waals surface area contributed by atoms with Crippen LogP contribution >= 0.6 is 0 Å². The van der Waals surface area contributed by atoms with Crippen molar-refractivity contribution in [2.75, 3.05) is 23.8 Å². The molecule has 2 amide bonds. The second kappa shape index (κ2) is 7.46. The van der Waals surface area contributed by atoms with Crippen LogP contribution in [0.2, 0.25) is 0 Å². The monoisotopic (exact) mass is 339 g/mol. The molecule has 25 heavy (non-hydrogen) atoms. The number of carbonyl (C=O) groups is 2. The van der Waals surface area contributed by atoms with Crippen LogP contribution in [0.25, 0.3) is 0 Å². The van der Waals surface area contributed by atoms with Crippen molar-refractivity contribution in [2.24, 2.45) is 5.73 Å². The van der Waals surface area contributed by atoms with Gasteiger partial charge in [-0.25, -0.2) is 0 Å². The van der Waals surface area contributed by atoms with Crippen molar-refractivity contribution >= 4 is 23.2 Å². The van der Waals surface area contributed by atoms with E-state index in [0.29, 0.717) is 43.0 Å². The number of nitrogens with one attached hydrogen (secondary N) is 2. The van der Waals surface area contributed by atoms with Crippen LogP contribution in [0.5, 0.6) is 0 Å². The van der Waals surface area contributed by atoms with Crippen LogP contribution in [0.15, 0.2) is 54.6 Å². The number of hydrogen-bond acceptors (Lipinski definition) is 4. The lowest BCUT2D eigenvalue weighted by Gasteiger charge is -2.31. The van der Waals surface area contributed by atoms with Gasteiger partial charge in [-0.2, -0.15) is 0 Å². The van der Waals surface area contributed by atoms with E-state index in [9.17, 15) is 9.59 Å². The Morgan fingerprint density at radius 2 is 1.56 bits per heavy atom. The molecule has 130 valence electrons. The van der Waals surface area contributed by atoms with E-state index < -0.39 is 5.54 Å². The highest BCUT2D eigenvalue weighted by Gasteiger charge is 2.35. The Morgan fingerprint density at radius 3 is 2.24 bits per heavy atom. The van der Waals surface area contributed by atoms with Crippen LogP contribution in [0, 0.1) is 0 Å². The average Bonchev–Trinajstić information content (AvgIpc) is 2.63. The standard InChI is InChI=1S/C19H21N3O3/c20-19(9-11-25-12-10-19)18(24)22-16-8-4-7-15(13-16)21-17(23)14-5-2-1-3-6-14/h1-8,13H,9-12,20H2,(H,21,23)(H,22,24). The molecule has 0 saturated carbocycles. The zero-order valence-electron chi connectivity index (χ0n) is 13.8. The summed E-state index contributed by atoms with van der Waals surface area (Å²) in [5.74, 6) is -0.439. The van der Waals surface area contributed by atoms with Crippen molar-refractivity contribution in [1.82, 2.24) is 0 Å². The Bertz CT molecular complexity index is 756. The summed E-state index contributed by atoms with van der Waals surface area (Å²) in [7, 11) is 0. The van der Waals surface area contributed by atoms with E-state index >= 15 is 0 Å². The molecule has 1 fully saturated rings. The average molecular weight is 339 g/mol. The minimum Gasteiger partial charge on any atom is -0.381 e. The molecular formula is C19H21N3O3. The van der Waals surface area contributed by atoms with Crippen LogP contribution in [0.4, 0.5) is 11.4 Å². The second-order valence-corrected chi connectivity index (χ2v) is 6.12. The van der Waals surface area contributed by atoms with Crippen LogP contribution < -0.4 is 16.4 Å². The molecule has 1 aliphatic rings. The fourth-order valence-electron chi connectivity index (χ4n) is 2.69. The number of hydrogen-bond donors (Lipinski definition) is 3. The van der Waals surface area contributed by atoms with Crippen molar-refractivity contribution in [3.63, 3.8) is 0 Å². The summed E-state index contributed by atoms with van der Waals surface area (Å²) in [6.45, 7) is 0.966. The summed E-state index contributed by atoms with van der Waals surface area (Å²) in [6.07, 6.45) is 0.979. The van der Waals surface area contributed by atoms with E-state index in [4.69, 9.17) is 10.5 Å². The predicted octanol–water partition coefficient (Wildman–Crippen LogP) is 2.39. The van der Waals surface area contributed by atoms with Gasteiger partial charge in [0.15, 0.2) is 0 Å². The van der Waals surface area contributed by atoms with E-state index in [1.807, 2.05) is 6.07 Å². The van der Waals surface area contributed by atoms with Crippen LogP contribution in [-0.4, -0.2) is 30.6 Å². The summed E-state index contributed by atoms with van der Waals surface area (Å²) in [4.78, 5) is 24.7. The third-order valence-corrected chi connectivity index (χ3v) is 4.25. The molecule has 4 N–H and O–H groups in total. The Balaban J connectivity index is 1.67. The summed E-state index contributed by atoms with van der Waals surface area (Å²) < 4.78 is 5.26. The first kappa shape index (κ1) is 17.1. The minimum absolute atomic E-state index is 0.205. The van der Waals surface area contributed by atoms with Crippen LogP contribution in [-0.2, 0) is 9.53 Å². The molecule has 0 bridgehead atoms. The van der Waals surface area contributed by atoms with E-state index in [0.717, 1.165) is 0 Å². The first-order valence-electron chi connectivity index (χ1n) is 8.21. The van der Waals surface area contributed by atoms with Crippen LogP contribution in [0.3, 0.4) is 0 Å². The molecule has 0 aliphatic carbocycles. The maximum atomic E-state index is 12.5. The number of carbonyl (C=O) groups excluding carboxylic acids is 2. The van der Waals surface area contributed by atoms with Gasteiger partial charge in [-0.05, 0) is 43.2 Å². The fraction of sp³-hybridized carbons (Fsp3) is 0.263. The predicted molar refractivity (Wildman–Crippen MR) is 96.4 cm³/mol. The first-order chi connectivity index (χ1) is 12.1. The number of benzene rings is 2. The van der Waals surface area contributed by atoms with Gasteiger partial charge in [0.2, 0.25) is 5.91 Å². The maximum absolute atomic E-state index is 12.5. The largest absolute Gasteiger partial charge is 0.381 e. The number of amides is 2. The fourth-order valence-corrected chi connectivity index (χ4v) is 2.69. The van der Waals surface area contributed by atoms with Crippen molar-refractivity contribution in [3.8, 4) is 0 Å². The van der Waals surface area contributed by atoms with Crippen molar-refractivity contribution in [1.29, 1.82) is 0 Å². The van der Waals surface area contributed by atoms with Gasteiger partial charge in [0.25, 0.3) is 5.91 Å². The lowest BCUT2D eigenvalue weighted by molar-refractivity contribution is -0.124. The van der Waals surface area contributed by atoms with Gasteiger partial charge in [0.1, 0.15) is 5.54 Å². The third-order valence-electron chi connectivity index (χ3n) is 4.25. The Labute approximate surface area is 146 Å². The van der Waals surface area contributed by atoms with Crippen molar-refractivity contribution in [3.05, 3.63) is 60.2 Å². The molecule has 1 aliphatic heterocycles. The molecule has 3 rings (SSSR count). The molecule has 0 spiro atoms. The number of anilines is 2. The zero-order valence-corrected chi connectivity index (χ0v) is 13.8. The Kier molecular flexibility index (Phi) is 5.11. The van der Waals surface area contributed by atoms with Crippen LogP contribution in [0.1, 0.15) is 23.2 Å². The molecular weight excluding hydrogens is 318 g/mol. The highest BCUT2D eigenvalue weighted by molar-refractivity contribution is 6.05. The van der Waals surface area contributed by atoms with E-state index in [2.05, 4.69) is 10.6 Å². The Morgan fingerprint density at radius 1 is 0.920 bits per heavy atom. The SMILES string of the molecule is NC1(C(=O)Nc2cccc(NC(=O)c3ccccc3)c2)CCOCC1. The normalized spacial score (nSPS) is 16.0. The van der Waals surface area contributed by atoms with Gasteiger partial charge < -0.3 is 21.1 Å². The summed E-state index contributed by atoms with van der Waals surface area (Å²) in [5, 5.41) is 5.65. The topological polar surface area (TPSA) is 93.5 Å². The number of nitrogens with two attached hydrogens (primary N) is 1. The molecule has 0 radical (unpaired) electrons. The molecule has 0 atom stereocenters. The molecule has 2 aromatic carbocycles. The second-order valence-electron chi connectivity index (χ2n) is 6.12. The smallest absolute Gasteiger partial charge is 0.255 e. The maximum Gasteiger partial charge on any atom is 0.255 e. The molecule has 0 unspecified atom stereocenters. The van der Waals surface area contributed by atoms with E-state index in [1.165, 1.54) is 0 Å². The van der Waals surface area contributed by atoms with Crippen molar-refractivity contribution in [2.45, 2.75) is 18.4 Å². The van der Waals surface area contributed by atoms with Gasteiger partial charge in [-0.1, -0.05) is 24.3 Å². The van der Waals surface area contributed by atoms with Gasteiger partial charge in [0.05, 0.1) is 0 Å². The number of rotatable bonds is 4. The summed E-state index contributed by atoms with van der Waals surface area (Å²) >= 11 is 0. The molecule has 2 aromatic rings. The molecule has 0 aromatic heterocycles. The highest BCUT2D eigenvalue weighted by atomic mass is 16.5. The minimum atomic E-state index is -0.915. The van der Waals surface area contributed by atoms with Crippen molar-refractivity contribution < 1.29 is 14.3 Å². The first-order valence-corrected chi connectivity index (χ1v) is 8.21. The molecule has 6 heteroatoms. The Hall–Kier alpha value is -2.70. The zero-order chi connectivity index (χ0) is 17.7. The van der Waals surface area contributed by atoms with Gasteiger partial charge in [-0.15, -0.1) is 0 Å². The number of ether oxygens (including phenoxy) is 1. The highest BCUT2D eigenvalue weighted by Crippen LogP contribution is 2.22. The quantitative estimate of drug-likeness (QED) is 0.797. The van der Waals surface area contributed by atoms with Gasteiger partial charge >= 0.3 is 0 Å². The van der Waals surface area contributed by atoms with E-state index in [-0.39, 0.29) is 11.8 Å². The van der Waals surface area contributed by atoms with Gasteiger partial charge in [0, 0.05) is 30.2 Å². The lowest BCUT2D eigenvalue weighted by Crippen LogP contribution is -2.54. The molecule has 6 nitrogen and oxygen atoms in total.